The molecule has 6 rings (SSSR count). The zero-order valence-corrected chi connectivity index (χ0v) is 35.5. The first-order valence-electron chi connectivity index (χ1n) is 19.2. The molecule has 0 amide bonds. The van der Waals surface area contributed by atoms with Gasteiger partial charge in [-0.3, -0.25) is 30.2 Å². The molecular weight excluding hydrogens is 814 g/mol. The molecule has 4 N–H and O–H groups in total. The lowest BCUT2D eigenvalue weighted by molar-refractivity contribution is -0.385. The van der Waals surface area contributed by atoms with Gasteiger partial charge >= 0.3 is 0 Å². The molecule has 0 bridgehead atoms. The molecule has 6 heterocycles. The molecule has 0 spiro atoms. The minimum absolute atomic E-state index is 0. The van der Waals surface area contributed by atoms with E-state index < -0.39 is 4.92 Å². The smallest absolute Gasteiger partial charge is 0.290 e. The minimum atomic E-state index is -0.450. The van der Waals surface area contributed by atoms with Crippen molar-refractivity contribution in [3.8, 4) is 0 Å². The molecule has 330 valence electrons. The van der Waals surface area contributed by atoms with Gasteiger partial charge in [-0.25, -0.2) is 9.98 Å². The van der Waals surface area contributed by atoms with Gasteiger partial charge in [-0.2, -0.15) is 0 Å². The second-order valence-corrected chi connectivity index (χ2v) is 15.9. The number of aromatic nitrogens is 3. The summed E-state index contributed by atoms with van der Waals surface area (Å²) in [4.78, 5) is 44.1. The summed E-state index contributed by atoms with van der Waals surface area (Å²) in [5, 5.41) is 21.0. The van der Waals surface area contributed by atoms with Crippen LogP contribution in [0.5, 0.6) is 0 Å². The highest BCUT2D eigenvalue weighted by Gasteiger charge is 2.20. The number of hydrogen-bond acceptors (Lipinski definition) is 11. The Kier molecular flexibility index (Phi) is 25.4. The van der Waals surface area contributed by atoms with E-state index in [0.717, 1.165) is 54.6 Å². The van der Waals surface area contributed by atoms with E-state index in [-0.39, 0.29) is 44.5 Å². The van der Waals surface area contributed by atoms with E-state index in [1.54, 1.807) is 32.0 Å². The second-order valence-electron chi connectivity index (χ2n) is 15.1. The van der Waals surface area contributed by atoms with Crippen LogP contribution in [0.15, 0.2) is 58.1 Å². The summed E-state index contributed by atoms with van der Waals surface area (Å²) >= 11 is 3.11. The van der Waals surface area contributed by atoms with Crippen molar-refractivity contribution >= 4 is 39.0 Å². The molecule has 15 nitrogen and oxygen atoms in total. The zero-order chi connectivity index (χ0) is 41.4. The van der Waals surface area contributed by atoms with Gasteiger partial charge in [0.1, 0.15) is 16.0 Å². The number of halogens is 1. The van der Waals surface area contributed by atoms with Crippen LogP contribution in [0, 0.1) is 52.8 Å². The molecule has 3 fully saturated rings. The van der Waals surface area contributed by atoms with Crippen molar-refractivity contribution in [2.24, 2.45) is 28.3 Å². The fraction of sp³-hybridized carbons (Fsp3) is 0.581. The van der Waals surface area contributed by atoms with E-state index in [1.807, 2.05) is 19.1 Å². The van der Waals surface area contributed by atoms with Gasteiger partial charge in [0.15, 0.2) is 5.96 Å². The Hall–Kier alpha value is -4.38. The number of nitrogens with two attached hydrogens (primary N) is 2. The van der Waals surface area contributed by atoms with Crippen molar-refractivity contribution in [3.63, 3.8) is 0 Å². The third-order valence-electron chi connectivity index (χ3n) is 10.3. The molecule has 3 aromatic heterocycles. The van der Waals surface area contributed by atoms with E-state index in [9.17, 15) is 20.2 Å². The minimum Gasteiger partial charge on any atom is -0.370 e. The summed E-state index contributed by atoms with van der Waals surface area (Å²) < 4.78 is 0.612. The number of hydrogen-bond donors (Lipinski definition) is 2. The van der Waals surface area contributed by atoms with E-state index in [4.69, 9.17) is 11.5 Å². The number of piperidine rings is 3. The highest BCUT2D eigenvalue weighted by molar-refractivity contribution is 9.10. The number of rotatable bonds is 7. The number of likely N-dealkylation sites (tertiary alicyclic amines) is 3. The summed E-state index contributed by atoms with van der Waals surface area (Å²) in [6.07, 6.45) is 9.29. The number of nitrogens with zero attached hydrogens (tertiary/aromatic N) is 9. The van der Waals surface area contributed by atoms with Crippen molar-refractivity contribution in [2.75, 3.05) is 60.4 Å². The lowest BCUT2D eigenvalue weighted by atomic mass is 9.92. The third-order valence-corrected chi connectivity index (χ3v) is 10.7. The molecule has 3 aliphatic rings. The Morgan fingerprint density at radius 3 is 1.46 bits per heavy atom. The Morgan fingerprint density at radius 1 is 0.695 bits per heavy atom. The predicted octanol–water partition coefficient (Wildman–Crippen LogP) is 8.60. The molecule has 59 heavy (non-hydrogen) atoms. The summed E-state index contributed by atoms with van der Waals surface area (Å²) in [5.41, 5.74) is 17.1. The summed E-state index contributed by atoms with van der Waals surface area (Å²) in [6.45, 7) is 16.2. The molecule has 0 aliphatic carbocycles. The normalized spacial score (nSPS) is 16.1. The fourth-order valence-corrected chi connectivity index (χ4v) is 7.06. The maximum absolute atomic E-state index is 10.7. The van der Waals surface area contributed by atoms with Crippen LogP contribution >= 0.6 is 15.9 Å². The third kappa shape index (κ3) is 20.0. The largest absolute Gasteiger partial charge is 0.370 e. The second kappa shape index (κ2) is 27.4. The van der Waals surface area contributed by atoms with Crippen LogP contribution in [0.1, 0.15) is 89.3 Å². The highest BCUT2D eigenvalue weighted by atomic mass is 79.9. The SMILES string of the molecule is C.C.C.C=C1CCN(C)CC1.Cc1nc(Br)ccc1[N+](=O)[O-].Cc1nc(CC2CCN(C)CC2)ccc1N=C(N)N.Cc1nc(CC2CCN(C)CC2)ccc1[N+](=O)[O-]. The zero-order valence-electron chi connectivity index (χ0n) is 33.9. The molecule has 0 unspecified atom stereocenters. The first-order chi connectivity index (χ1) is 26.5. The van der Waals surface area contributed by atoms with Crippen molar-refractivity contribution < 1.29 is 9.85 Å². The summed E-state index contributed by atoms with van der Waals surface area (Å²) in [7, 11) is 6.49. The van der Waals surface area contributed by atoms with Crippen molar-refractivity contribution in [2.45, 2.75) is 94.4 Å². The topological polar surface area (TPSA) is 199 Å². The fourth-order valence-electron chi connectivity index (χ4n) is 6.66. The lowest BCUT2D eigenvalue weighted by Gasteiger charge is -2.28. The maximum atomic E-state index is 10.7. The molecular formula is C43H72BrN11O4. The molecule has 0 radical (unpaired) electrons. The Balaban J connectivity index is 0.000000783. The Morgan fingerprint density at radius 2 is 1.08 bits per heavy atom. The first-order valence-corrected chi connectivity index (χ1v) is 20.0. The standard InChI is InChI=1S/C14H23N5.C13H19N3O2.C7H13N.C6H5BrN2O2.3CH4/c1-10-13(18-14(15)16)4-3-12(17-10)9-11-5-7-19(2)8-6-11;1-10-13(16(17)18)4-3-12(14-10)9-11-5-7-15(2)8-6-11;1-7-3-5-8(2)6-4-7;1-4-5(9(10)11)2-3-6(7)8-4;;;/h3-4,11H,5-9H2,1-2H3,(H4,15,16,18);3-4,11H,5-9H2,1-2H3;1,3-6H2,2H3;2-3H,1H3;3*1H4. The Labute approximate surface area is 362 Å². The van der Waals surface area contributed by atoms with Crippen molar-refractivity contribution in [1.82, 2.24) is 29.7 Å². The Bertz CT molecular complexity index is 1780. The molecule has 3 aliphatic heterocycles. The van der Waals surface area contributed by atoms with Crippen LogP contribution in [0.25, 0.3) is 0 Å². The van der Waals surface area contributed by atoms with E-state index >= 15 is 0 Å². The van der Waals surface area contributed by atoms with E-state index in [1.165, 1.54) is 76.3 Å². The quantitative estimate of drug-likeness (QED) is 0.0573. The van der Waals surface area contributed by atoms with Gasteiger partial charge in [-0.1, -0.05) is 34.4 Å². The van der Waals surface area contributed by atoms with Crippen molar-refractivity contribution in [1.29, 1.82) is 0 Å². The number of nitro groups is 2. The van der Waals surface area contributed by atoms with Gasteiger partial charge in [0.2, 0.25) is 0 Å². The predicted molar refractivity (Wildman–Crippen MR) is 247 cm³/mol. The van der Waals surface area contributed by atoms with Gasteiger partial charge in [0, 0.05) is 36.6 Å². The van der Waals surface area contributed by atoms with Crippen LogP contribution in [0.2, 0.25) is 0 Å². The molecule has 0 aromatic carbocycles. The average molecular weight is 887 g/mol. The van der Waals surface area contributed by atoms with Crippen LogP contribution in [0.4, 0.5) is 17.1 Å². The molecule has 3 saturated heterocycles. The van der Waals surface area contributed by atoms with Crippen LogP contribution in [-0.4, -0.2) is 106 Å². The van der Waals surface area contributed by atoms with E-state index in [2.05, 4.69) is 78.3 Å². The molecule has 0 saturated carbocycles. The first kappa shape index (κ1) is 54.6. The van der Waals surface area contributed by atoms with Gasteiger partial charge in [0.25, 0.3) is 11.4 Å². The monoisotopic (exact) mass is 885 g/mol. The number of aryl methyl sites for hydroxylation is 3. The maximum Gasteiger partial charge on any atom is 0.290 e. The molecule has 3 aromatic rings. The van der Waals surface area contributed by atoms with E-state index in [0.29, 0.717) is 21.9 Å². The number of guanidine groups is 1. The van der Waals surface area contributed by atoms with Gasteiger partial charge in [0.05, 0.1) is 21.2 Å². The van der Waals surface area contributed by atoms with Crippen LogP contribution in [-0.2, 0) is 12.8 Å². The number of aliphatic imine (C=N–C) groups is 1. The number of pyridine rings is 3. The van der Waals surface area contributed by atoms with Gasteiger partial charge in [-0.15, -0.1) is 0 Å². The van der Waals surface area contributed by atoms with Crippen molar-refractivity contribution in [3.05, 3.63) is 102 Å². The van der Waals surface area contributed by atoms with Crippen LogP contribution < -0.4 is 11.5 Å². The van der Waals surface area contributed by atoms with Crippen LogP contribution in [0.3, 0.4) is 0 Å². The summed E-state index contributed by atoms with van der Waals surface area (Å²) in [5.74, 6) is 1.49. The molecule has 0 atom stereocenters. The van der Waals surface area contributed by atoms with Gasteiger partial charge in [-0.05, 0) is 171 Å². The summed E-state index contributed by atoms with van der Waals surface area (Å²) in [6, 6.07) is 10.3. The van der Waals surface area contributed by atoms with Gasteiger partial charge < -0.3 is 26.2 Å². The molecule has 16 heteroatoms. The lowest BCUT2D eigenvalue weighted by Crippen LogP contribution is -2.31. The average Bonchev–Trinajstić information content (AvgIpc) is 3.13. The highest BCUT2D eigenvalue weighted by Crippen LogP contribution is 2.24.